The molecule has 3 aliphatic rings. The van der Waals surface area contributed by atoms with Crippen LogP contribution in [0.2, 0.25) is 0 Å². The highest BCUT2D eigenvalue weighted by atomic mass is 19.4. The van der Waals surface area contributed by atoms with Crippen LogP contribution in [0.4, 0.5) is 23.2 Å². The van der Waals surface area contributed by atoms with E-state index in [-0.39, 0.29) is 17.4 Å². The van der Waals surface area contributed by atoms with E-state index in [1.165, 1.54) is 30.5 Å². The molecule has 50 heavy (non-hydrogen) atoms. The first-order chi connectivity index (χ1) is 23.7. The molecule has 2 heterocycles. The number of halogens is 4. The molecule has 0 saturated heterocycles. The molecule has 0 aliphatic heterocycles. The van der Waals surface area contributed by atoms with E-state index in [9.17, 15) is 22.4 Å². The van der Waals surface area contributed by atoms with E-state index in [1.807, 2.05) is 30.3 Å². The zero-order chi connectivity index (χ0) is 36.2. The topological polar surface area (TPSA) is 131 Å². The number of aliphatic imine (C=N–C) groups is 1. The highest BCUT2D eigenvalue weighted by molar-refractivity contribution is 5.95. The summed E-state index contributed by atoms with van der Waals surface area (Å²) < 4.78 is 52.8. The Kier molecular flexibility index (Phi) is 10.8. The molecule has 1 unspecified atom stereocenters. The van der Waals surface area contributed by atoms with Gasteiger partial charge in [0, 0.05) is 24.5 Å². The van der Waals surface area contributed by atoms with Gasteiger partial charge in [-0.3, -0.25) is 14.3 Å². The van der Waals surface area contributed by atoms with Gasteiger partial charge in [0.05, 0.1) is 42.6 Å². The van der Waals surface area contributed by atoms with Crippen molar-refractivity contribution >= 4 is 28.5 Å². The Morgan fingerprint density at radius 3 is 2.50 bits per heavy atom. The number of nitrogens with zero attached hydrogens (tertiary/aromatic N) is 4. The van der Waals surface area contributed by atoms with Gasteiger partial charge in [-0.15, -0.1) is 0 Å². The van der Waals surface area contributed by atoms with Crippen LogP contribution in [0.15, 0.2) is 76.9 Å². The van der Waals surface area contributed by atoms with E-state index in [0.29, 0.717) is 70.9 Å². The maximum absolute atomic E-state index is 14.4. The quantitative estimate of drug-likeness (QED) is 0.109. The van der Waals surface area contributed by atoms with Crippen molar-refractivity contribution < 1.29 is 32.2 Å². The number of aliphatic carboxylic acids is 1. The lowest BCUT2D eigenvalue weighted by molar-refractivity contribution is -0.192. The molecule has 266 valence electrons. The van der Waals surface area contributed by atoms with Crippen molar-refractivity contribution in [2.45, 2.75) is 65.3 Å². The second kappa shape index (κ2) is 14.9. The van der Waals surface area contributed by atoms with E-state index in [2.05, 4.69) is 41.4 Å². The Labute approximate surface area is 286 Å². The van der Waals surface area contributed by atoms with Gasteiger partial charge in [-0.05, 0) is 84.4 Å². The standard InChI is InChI=1S/C34H39FN6O2.C2HF3O2/c1-21-28-15-23(34(28,2)3)16-30(21)40-33(37-19-25-7-5-6-13-36-25)39-24-9-11-27-31(17-24)38-20-41(32(27)42)14-12-22-8-10-26(43-4)18-29(22)35;3-2(4,5)1(6)7/h5-11,13,17-18,20-21,23,28,30H,12,14-16,19H2,1-4H3,(H2,37,39,40);(H,6,7)/t21-,23-,28+,30?;/m0./s1. The molecule has 4 aromatic rings. The summed E-state index contributed by atoms with van der Waals surface area (Å²) in [6.45, 7) is 7.98. The van der Waals surface area contributed by atoms with Crippen LogP contribution < -0.4 is 20.9 Å². The van der Waals surface area contributed by atoms with Crippen molar-refractivity contribution in [1.29, 1.82) is 0 Å². The predicted octanol–water partition coefficient (Wildman–Crippen LogP) is 6.44. The minimum atomic E-state index is -5.08. The number of carbonyl (C=O) groups is 1. The summed E-state index contributed by atoms with van der Waals surface area (Å²) in [4.78, 5) is 36.4. The maximum atomic E-state index is 14.4. The van der Waals surface area contributed by atoms with E-state index >= 15 is 0 Å². The zero-order valence-electron chi connectivity index (χ0n) is 28.2. The van der Waals surface area contributed by atoms with Crippen LogP contribution in [0.25, 0.3) is 10.9 Å². The monoisotopic (exact) mass is 696 g/mol. The normalized spacial score (nSPS) is 21.0. The molecule has 2 bridgehead atoms. The lowest BCUT2D eigenvalue weighted by Crippen LogP contribution is -2.56. The van der Waals surface area contributed by atoms with Crippen LogP contribution in [0.5, 0.6) is 5.75 Å². The van der Waals surface area contributed by atoms with E-state index in [4.69, 9.17) is 19.6 Å². The molecule has 14 heteroatoms. The second-order valence-corrected chi connectivity index (χ2v) is 13.3. The fourth-order valence-electron chi connectivity index (χ4n) is 6.89. The average Bonchev–Trinajstić information content (AvgIpc) is 3.08. The van der Waals surface area contributed by atoms with E-state index < -0.39 is 12.1 Å². The Hall–Kier alpha value is -5.01. The molecular formula is C36H40F4N6O4. The van der Waals surface area contributed by atoms with Gasteiger partial charge in [0.15, 0.2) is 5.96 Å². The molecule has 7 rings (SSSR count). The number of hydrogen-bond donors (Lipinski definition) is 3. The largest absolute Gasteiger partial charge is 0.497 e. The summed E-state index contributed by atoms with van der Waals surface area (Å²) >= 11 is 0. The third kappa shape index (κ3) is 8.23. The van der Waals surface area contributed by atoms with Gasteiger partial charge >= 0.3 is 12.1 Å². The van der Waals surface area contributed by atoms with Crippen molar-refractivity contribution in [3.63, 3.8) is 0 Å². The van der Waals surface area contributed by atoms with Crippen molar-refractivity contribution in [2.75, 3.05) is 12.4 Å². The summed E-state index contributed by atoms with van der Waals surface area (Å²) in [5, 5.41) is 14.6. The fraction of sp³-hybridized carbons (Fsp3) is 0.417. The Morgan fingerprint density at radius 1 is 1.12 bits per heavy atom. The number of fused-ring (bicyclic) bond motifs is 3. The van der Waals surface area contributed by atoms with Crippen LogP contribution >= 0.6 is 0 Å². The van der Waals surface area contributed by atoms with Crippen LogP contribution in [0.3, 0.4) is 0 Å². The Morgan fingerprint density at radius 2 is 1.88 bits per heavy atom. The number of guanidine groups is 1. The number of pyridine rings is 1. The minimum absolute atomic E-state index is 0.162. The predicted molar refractivity (Wildman–Crippen MR) is 181 cm³/mol. The molecule has 3 saturated carbocycles. The number of carboxylic acid groups (broad SMARTS) is 1. The second-order valence-electron chi connectivity index (χ2n) is 13.3. The summed E-state index contributed by atoms with van der Waals surface area (Å²) in [5.74, 6) is -0.0728. The summed E-state index contributed by atoms with van der Waals surface area (Å²) in [7, 11) is 1.50. The van der Waals surface area contributed by atoms with E-state index in [1.54, 1.807) is 24.4 Å². The lowest BCUT2D eigenvalue weighted by Gasteiger charge is -2.61. The number of anilines is 1. The summed E-state index contributed by atoms with van der Waals surface area (Å²) in [6.07, 6.45) is 0.980. The van der Waals surface area contributed by atoms with Gasteiger partial charge in [0.1, 0.15) is 11.6 Å². The van der Waals surface area contributed by atoms with Gasteiger partial charge in [-0.2, -0.15) is 13.2 Å². The van der Waals surface area contributed by atoms with Crippen LogP contribution in [0.1, 0.15) is 44.9 Å². The van der Waals surface area contributed by atoms with E-state index in [0.717, 1.165) is 17.8 Å². The number of ether oxygens (including phenoxy) is 1. The van der Waals surface area contributed by atoms with Gasteiger partial charge in [-0.25, -0.2) is 19.2 Å². The van der Waals surface area contributed by atoms with Gasteiger partial charge in [0.25, 0.3) is 5.56 Å². The fourth-order valence-corrected chi connectivity index (χ4v) is 6.89. The molecule has 0 spiro atoms. The van der Waals surface area contributed by atoms with Crippen molar-refractivity contribution in [3.8, 4) is 5.75 Å². The molecule has 3 N–H and O–H groups in total. The number of benzene rings is 2. The third-order valence-electron chi connectivity index (χ3n) is 9.98. The first kappa shape index (κ1) is 36.3. The minimum Gasteiger partial charge on any atom is -0.497 e. The number of rotatable bonds is 8. The maximum Gasteiger partial charge on any atom is 0.490 e. The number of methoxy groups -OCH3 is 1. The SMILES string of the molecule is COc1ccc(CCn2cnc3cc(N/C(=N\C4C[C@@H]5C[C@H]([C@@H]4C)C5(C)C)NCc4ccccn4)ccc3c2=O)c(F)c1.O=C(O)C(F)(F)F. The lowest BCUT2D eigenvalue weighted by atomic mass is 9.45. The number of aromatic nitrogens is 3. The molecule has 4 atom stereocenters. The van der Waals surface area contributed by atoms with Crippen molar-refractivity contribution in [3.05, 3.63) is 94.5 Å². The average molecular weight is 697 g/mol. The number of carboxylic acids is 1. The smallest absolute Gasteiger partial charge is 0.490 e. The van der Waals surface area contributed by atoms with Crippen LogP contribution in [-0.2, 0) is 24.3 Å². The Bertz CT molecular complexity index is 1910. The molecule has 3 fully saturated rings. The zero-order valence-corrected chi connectivity index (χ0v) is 28.2. The molecule has 2 aromatic carbocycles. The van der Waals surface area contributed by atoms with Crippen LogP contribution in [-0.4, -0.2) is 50.9 Å². The molecule has 10 nitrogen and oxygen atoms in total. The van der Waals surface area contributed by atoms with Gasteiger partial charge < -0.3 is 20.5 Å². The number of nitrogens with one attached hydrogen (secondary N) is 2. The third-order valence-corrected chi connectivity index (χ3v) is 9.98. The number of alkyl halides is 3. The van der Waals surface area contributed by atoms with Gasteiger partial charge in [0.2, 0.25) is 0 Å². The van der Waals surface area contributed by atoms with Gasteiger partial charge in [-0.1, -0.05) is 32.9 Å². The molecular weight excluding hydrogens is 656 g/mol. The highest BCUT2D eigenvalue weighted by Crippen LogP contribution is 2.61. The molecule has 3 aliphatic carbocycles. The molecule has 2 aromatic heterocycles. The highest BCUT2D eigenvalue weighted by Gasteiger charge is 2.56. The first-order valence-electron chi connectivity index (χ1n) is 16.3. The molecule has 0 radical (unpaired) electrons. The Balaban J connectivity index is 0.000000630. The molecule has 0 amide bonds. The first-order valence-corrected chi connectivity index (χ1v) is 16.3. The number of aryl methyl sites for hydroxylation is 2. The summed E-state index contributed by atoms with van der Waals surface area (Å²) in [6, 6.07) is 16.4. The van der Waals surface area contributed by atoms with Crippen molar-refractivity contribution in [2.24, 2.45) is 28.2 Å². The van der Waals surface area contributed by atoms with Crippen molar-refractivity contribution in [1.82, 2.24) is 19.9 Å². The summed E-state index contributed by atoms with van der Waals surface area (Å²) in [5.41, 5.74) is 3.04. The number of hydrogen-bond acceptors (Lipinski definition) is 6. The van der Waals surface area contributed by atoms with Crippen LogP contribution in [0, 0.1) is 29.0 Å².